The Labute approximate surface area is 199 Å². The van der Waals surface area contributed by atoms with Crippen molar-refractivity contribution in [3.63, 3.8) is 0 Å². The number of piperidine rings is 1. The van der Waals surface area contributed by atoms with Gasteiger partial charge in [0.05, 0.1) is 22.9 Å². The number of anilines is 2. The van der Waals surface area contributed by atoms with Crippen molar-refractivity contribution >= 4 is 33.2 Å². The monoisotopic (exact) mass is 487 g/mol. The van der Waals surface area contributed by atoms with Crippen molar-refractivity contribution in [1.29, 1.82) is 0 Å². The fourth-order valence-corrected chi connectivity index (χ4v) is 5.90. The molecule has 0 aliphatic carbocycles. The molecule has 9 nitrogen and oxygen atoms in total. The van der Waals surface area contributed by atoms with Gasteiger partial charge in [-0.3, -0.25) is 9.59 Å². The SMILES string of the molecule is CCOc1ccccc1NC(=O)C1CCN(S(=O)(=O)c2cc3c(cc2C)NC(=O)C(C)O3)CC1. The van der Waals surface area contributed by atoms with E-state index in [1.165, 1.54) is 10.4 Å². The van der Waals surface area contributed by atoms with Crippen LogP contribution >= 0.6 is 0 Å². The van der Waals surface area contributed by atoms with Crippen LogP contribution in [0.4, 0.5) is 11.4 Å². The Balaban J connectivity index is 1.44. The third-order valence-corrected chi connectivity index (χ3v) is 8.14. The molecule has 2 amide bonds. The summed E-state index contributed by atoms with van der Waals surface area (Å²) in [5.74, 6) is 0.219. The predicted octanol–water partition coefficient (Wildman–Crippen LogP) is 3.15. The second kappa shape index (κ2) is 9.63. The Morgan fingerprint density at radius 1 is 1.24 bits per heavy atom. The predicted molar refractivity (Wildman–Crippen MR) is 128 cm³/mol. The fourth-order valence-electron chi connectivity index (χ4n) is 4.20. The number of para-hydroxylation sites is 2. The van der Waals surface area contributed by atoms with Crippen molar-refractivity contribution in [3.8, 4) is 11.5 Å². The highest BCUT2D eigenvalue weighted by Gasteiger charge is 2.34. The maximum Gasteiger partial charge on any atom is 0.265 e. The topological polar surface area (TPSA) is 114 Å². The van der Waals surface area contributed by atoms with Crippen molar-refractivity contribution in [1.82, 2.24) is 4.31 Å². The highest BCUT2D eigenvalue weighted by atomic mass is 32.2. The summed E-state index contributed by atoms with van der Waals surface area (Å²) in [5.41, 5.74) is 1.59. The average Bonchev–Trinajstić information content (AvgIpc) is 2.81. The van der Waals surface area contributed by atoms with Gasteiger partial charge in [-0.2, -0.15) is 4.31 Å². The molecule has 1 saturated heterocycles. The molecule has 0 spiro atoms. The molecule has 0 bridgehead atoms. The first kappa shape index (κ1) is 24.0. The van der Waals surface area contributed by atoms with Gasteiger partial charge in [-0.25, -0.2) is 8.42 Å². The lowest BCUT2D eigenvalue weighted by Crippen LogP contribution is -2.41. The molecule has 182 valence electrons. The molecule has 0 aromatic heterocycles. The molecule has 0 saturated carbocycles. The average molecular weight is 488 g/mol. The van der Waals surface area contributed by atoms with E-state index in [9.17, 15) is 18.0 Å². The van der Waals surface area contributed by atoms with Crippen LogP contribution in [0.15, 0.2) is 41.3 Å². The van der Waals surface area contributed by atoms with Gasteiger partial charge >= 0.3 is 0 Å². The molecular weight excluding hydrogens is 458 g/mol. The Morgan fingerprint density at radius 3 is 2.65 bits per heavy atom. The maximum absolute atomic E-state index is 13.4. The Morgan fingerprint density at radius 2 is 1.94 bits per heavy atom. The number of nitrogens with zero attached hydrogens (tertiary/aromatic N) is 1. The first-order valence-corrected chi connectivity index (χ1v) is 12.8. The van der Waals surface area contributed by atoms with E-state index in [1.54, 1.807) is 32.0 Å². The van der Waals surface area contributed by atoms with Gasteiger partial charge < -0.3 is 20.1 Å². The van der Waals surface area contributed by atoms with Crippen LogP contribution in [0.1, 0.15) is 32.3 Å². The van der Waals surface area contributed by atoms with Crippen molar-refractivity contribution in [3.05, 3.63) is 42.0 Å². The van der Waals surface area contributed by atoms with Crippen LogP contribution in [0, 0.1) is 12.8 Å². The van der Waals surface area contributed by atoms with E-state index in [2.05, 4.69) is 10.6 Å². The molecule has 2 aliphatic rings. The first-order chi connectivity index (χ1) is 16.2. The lowest BCUT2D eigenvalue weighted by Gasteiger charge is -2.31. The van der Waals surface area contributed by atoms with E-state index >= 15 is 0 Å². The van der Waals surface area contributed by atoms with Gasteiger partial charge in [-0.05, 0) is 57.4 Å². The molecule has 1 fully saturated rings. The van der Waals surface area contributed by atoms with E-state index in [4.69, 9.17) is 9.47 Å². The fraction of sp³-hybridized carbons (Fsp3) is 0.417. The van der Waals surface area contributed by atoms with Crippen LogP contribution in [-0.2, 0) is 19.6 Å². The normalized spacial score (nSPS) is 19.0. The number of carbonyl (C=O) groups is 2. The summed E-state index contributed by atoms with van der Waals surface area (Å²) in [6.45, 7) is 6.13. The first-order valence-electron chi connectivity index (χ1n) is 11.4. The number of fused-ring (bicyclic) bond motifs is 1. The van der Waals surface area contributed by atoms with Gasteiger partial charge in [0.25, 0.3) is 5.91 Å². The number of sulfonamides is 1. The molecule has 0 radical (unpaired) electrons. The molecule has 1 atom stereocenters. The van der Waals surface area contributed by atoms with Crippen molar-refractivity contribution < 1.29 is 27.5 Å². The van der Waals surface area contributed by atoms with Gasteiger partial charge in [0.15, 0.2) is 6.10 Å². The molecule has 4 rings (SSSR count). The number of rotatable bonds is 6. The highest BCUT2D eigenvalue weighted by molar-refractivity contribution is 7.89. The third kappa shape index (κ3) is 4.74. The van der Waals surface area contributed by atoms with E-state index < -0.39 is 16.1 Å². The van der Waals surface area contributed by atoms with E-state index in [0.29, 0.717) is 47.9 Å². The lowest BCUT2D eigenvalue weighted by atomic mass is 9.97. The van der Waals surface area contributed by atoms with Crippen LogP contribution < -0.4 is 20.1 Å². The van der Waals surface area contributed by atoms with Crippen LogP contribution in [0.2, 0.25) is 0 Å². The van der Waals surface area contributed by atoms with Gasteiger partial charge in [0.1, 0.15) is 11.5 Å². The zero-order valence-electron chi connectivity index (χ0n) is 19.5. The summed E-state index contributed by atoms with van der Waals surface area (Å²) in [4.78, 5) is 24.8. The number of benzene rings is 2. The number of aryl methyl sites for hydroxylation is 1. The minimum absolute atomic E-state index is 0.142. The number of amides is 2. The number of carbonyl (C=O) groups excluding carboxylic acids is 2. The smallest absolute Gasteiger partial charge is 0.265 e. The number of ether oxygens (including phenoxy) is 2. The van der Waals surface area contributed by atoms with Crippen LogP contribution in [-0.4, -0.2) is 50.3 Å². The number of nitrogens with one attached hydrogen (secondary N) is 2. The summed E-state index contributed by atoms with van der Waals surface area (Å²) < 4.78 is 39.3. The zero-order valence-corrected chi connectivity index (χ0v) is 20.3. The summed E-state index contributed by atoms with van der Waals surface area (Å²) in [7, 11) is -3.79. The highest BCUT2D eigenvalue weighted by Crippen LogP contribution is 2.36. The zero-order chi connectivity index (χ0) is 24.5. The summed E-state index contributed by atoms with van der Waals surface area (Å²) in [6.07, 6.45) is 0.123. The van der Waals surface area contributed by atoms with Crippen LogP contribution in [0.3, 0.4) is 0 Å². The van der Waals surface area contributed by atoms with E-state index in [0.717, 1.165) is 0 Å². The van der Waals surface area contributed by atoms with Crippen LogP contribution in [0.5, 0.6) is 11.5 Å². The minimum Gasteiger partial charge on any atom is -0.492 e. The largest absolute Gasteiger partial charge is 0.492 e. The molecule has 2 aromatic rings. The Kier molecular flexibility index (Phi) is 6.81. The molecule has 10 heteroatoms. The molecular formula is C24H29N3O6S. The van der Waals surface area contributed by atoms with Crippen molar-refractivity contribution in [2.24, 2.45) is 5.92 Å². The molecule has 2 aromatic carbocycles. The summed E-state index contributed by atoms with van der Waals surface area (Å²) in [5, 5.41) is 5.65. The van der Waals surface area contributed by atoms with Crippen LogP contribution in [0.25, 0.3) is 0 Å². The van der Waals surface area contributed by atoms with Gasteiger partial charge in [0.2, 0.25) is 15.9 Å². The summed E-state index contributed by atoms with van der Waals surface area (Å²) in [6, 6.07) is 10.3. The Bertz CT molecular complexity index is 1210. The maximum atomic E-state index is 13.4. The quantitative estimate of drug-likeness (QED) is 0.647. The second-order valence-electron chi connectivity index (χ2n) is 8.46. The standard InChI is InChI=1S/C24H29N3O6S/c1-4-32-20-8-6-5-7-18(20)25-24(29)17-9-11-27(12-10-17)34(30,31)22-14-21-19(13-15(22)2)26-23(28)16(3)33-21/h5-8,13-14,16-17H,4,9-12H2,1-3H3,(H,25,29)(H,26,28). The van der Waals surface area contributed by atoms with E-state index in [1.807, 2.05) is 19.1 Å². The molecule has 2 aliphatic heterocycles. The third-order valence-electron chi connectivity index (χ3n) is 6.10. The molecule has 2 heterocycles. The minimum atomic E-state index is -3.79. The van der Waals surface area contributed by atoms with Gasteiger partial charge in [-0.15, -0.1) is 0 Å². The molecule has 34 heavy (non-hydrogen) atoms. The van der Waals surface area contributed by atoms with E-state index in [-0.39, 0.29) is 35.7 Å². The van der Waals surface area contributed by atoms with Gasteiger partial charge in [0, 0.05) is 25.1 Å². The number of hydrogen-bond donors (Lipinski definition) is 2. The summed E-state index contributed by atoms with van der Waals surface area (Å²) >= 11 is 0. The Hall–Kier alpha value is -3.11. The van der Waals surface area contributed by atoms with Gasteiger partial charge in [-0.1, -0.05) is 12.1 Å². The number of hydrogen-bond acceptors (Lipinski definition) is 6. The van der Waals surface area contributed by atoms with Crippen molar-refractivity contribution in [2.75, 3.05) is 30.3 Å². The lowest BCUT2D eigenvalue weighted by molar-refractivity contribution is -0.123. The van der Waals surface area contributed by atoms with Crippen molar-refractivity contribution in [2.45, 2.75) is 44.6 Å². The molecule has 2 N–H and O–H groups in total. The second-order valence-corrected chi connectivity index (χ2v) is 10.4. The molecule has 1 unspecified atom stereocenters.